The van der Waals surface area contributed by atoms with Gasteiger partial charge in [-0.15, -0.1) is 0 Å². The number of hydrogen-bond acceptors (Lipinski definition) is 2. The van der Waals surface area contributed by atoms with E-state index in [9.17, 15) is 4.39 Å². The molecule has 0 aliphatic rings. The normalized spacial score (nSPS) is 10.7. The number of halogens is 2. The second-order valence-corrected chi connectivity index (χ2v) is 5.37. The van der Waals surface area contributed by atoms with Gasteiger partial charge in [0.05, 0.1) is 15.8 Å². The number of nitrogens with zero attached hydrogens (tertiary/aromatic N) is 1. The lowest BCUT2D eigenvalue weighted by molar-refractivity contribution is 0.620. The molecule has 2 nitrogen and oxygen atoms in total. The quantitative estimate of drug-likeness (QED) is 0.746. The first-order chi connectivity index (χ1) is 8.60. The lowest BCUT2D eigenvalue weighted by Crippen LogP contribution is -2.26. The minimum Gasteiger partial charge on any atom is -0.397 e. The van der Waals surface area contributed by atoms with E-state index >= 15 is 0 Å². The Labute approximate surface area is 117 Å². The highest BCUT2D eigenvalue weighted by Gasteiger charge is 2.12. The van der Waals surface area contributed by atoms with E-state index < -0.39 is 0 Å². The third-order valence-corrected chi connectivity index (χ3v) is 3.58. The maximum absolute atomic E-state index is 13.4. The monoisotopic (exact) mass is 316 g/mol. The van der Waals surface area contributed by atoms with Crippen molar-refractivity contribution in [2.75, 3.05) is 23.7 Å². The van der Waals surface area contributed by atoms with Gasteiger partial charge in [0, 0.05) is 19.2 Å². The first kappa shape index (κ1) is 15.3. The van der Waals surface area contributed by atoms with E-state index in [1.54, 1.807) is 6.07 Å². The summed E-state index contributed by atoms with van der Waals surface area (Å²) in [6, 6.07) is 3.18. The molecule has 0 atom stereocenters. The van der Waals surface area contributed by atoms with Gasteiger partial charge in [-0.05, 0) is 34.8 Å². The second kappa shape index (κ2) is 7.62. The van der Waals surface area contributed by atoms with Crippen LogP contribution in [0.3, 0.4) is 0 Å². The van der Waals surface area contributed by atoms with Gasteiger partial charge in [-0.2, -0.15) is 0 Å². The van der Waals surface area contributed by atoms with Crippen molar-refractivity contribution in [3.63, 3.8) is 0 Å². The van der Waals surface area contributed by atoms with Gasteiger partial charge in [-0.25, -0.2) is 4.39 Å². The third kappa shape index (κ3) is 4.16. The van der Waals surface area contributed by atoms with Crippen LogP contribution in [-0.2, 0) is 0 Å². The number of anilines is 2. The van der Waals surface area contributed by atoms with Crippen molar-refractivity contribution in [1.29, 1.82) is 0 Å². The van der Waals surface area contributed by atoms with Crippen LogP contribution >= 0.6 is 15.9 Å². The van der Waals surface area contributed by atoms with Crippen molar-refractivity contribution in [2.24, 2.45) is 0 Å². The summed E-state index contributed by atoms with van der Waals surface area (Å²) in [6.07, 6.45) is 4.53. The van der Waals surface area contributed by atoms with Crippen molar-refractivity contribution in [3.8, 4) is 0 Å². The fourth-order valence-electron chi connectivity index (χ4n) is 1.88. The van der Waals surface area contributed by atoms with Crippen molar-refractivity contribution >= 4 is 27.3 Å². The Morgan fingerprint density at radius 1 is 1.17 bits per heavy atom. The standard InChI is InChI=1S/C14H22BrFN2/c1-3-5-7-18(8-6-4-2)14-9-11(15)12(16)10-13(14)17/h9-10H,3-8,17H2,1-2H3. The van der Waals surface area contributed by atoms with Gasteiger partial charge in [-0.3, -0.25) is 0 Å². The molecule has 0 aliphatic carbocycles. The average Bonchev–Trinajstić information content (AvgIpc) is 2.35. The van der Waals surface area contributed by atoms with Gasteiger partial charge in [0.2, 0.25) is 0 Å². The van der Waals surface area contributed by atoms with Gasteiger partial charge < -0.3 is 10.6 Å². The van der Waals surface area contributed by atoms with E-state index in [2.05, 4.69) is 34.7 Å². The number of rotatable bonds is 7. The van der Waals surface area contributed by atoms with Gasteiger partial charge in [0.25, 0.3) is 0 Å². The van der Waals surface area contributed by atoms with E-state index in [1.807, 2.05) is 0 Å². The Hall–Kier alpha value is -0.770. The predicted octanol–water partition coefficient (Wildman–Crippen LogP) is 4.58. The number of unbranched alkanes of at least 4 members (excludes halogenated alkanes) is 2. The van der Waals surface area contributed by atoms with Crippen LogP contribution in [0.2, 0.25) is 0 Å². The summed E-state index contributed by atoms with van der Waals surface area (Å²) in [5.41, 5.74) is 7.38. The highest BCUT2D eigenvalue weighted by molar-refractivity contribution is 9.10. The van der Waals surface area contributed by atoms with Gasteiger partial charge in [-0.1, -0.05) is 26.7 Å². The smallest absolute Gasteiger partial charge is 0.139 e. The molecule has 0 amide bonds. The Bertz CT molecular complexity index is 374. The minimum atomic E-state index is -0.304. The first-order valence-corrected chi connectivity index (χ1v) is 7.38. The summed E-state index contributed by atoms with van der Waals surface area (Å²) >= 11 is 3.23. The SMILES string of the molecule is CCCCN(CCCC)c1cc(Br)c(F)cc1N. The molecule has 18 heavy (non-hydrogen) atoms. The molecule has 1 aromatic carbocycles. The van der Waals surface area contributed by atoms with Crippen LogP contribution in [0.1, 0.15) is 39.5 Å². The molecule has 0 heterocycles. The molecule has 0 aromatic heterocycles. The summed E-state index contributed by atoms with van der Waals surface area (Å²) in [5.74, 6) is -0.304. The summed E-state index contributed by atoms with van der Waals surface area (Å²) in [4.78, 5) is 2.26. The van der Waals surface area contributed by atoms with Crippen molar-refractivity contribution < 1.29 is 4.39 Å². The molecule has 0 aliphatic heterocycles. The van der Waals surface area contributed by atoms with Crippen LogP contribution in [0.25, 0.3) is 0 Å². The number of nitrogens with two attached hydrogens (primary N) is 1. The molecular weight excluding hydrogens is 295 g/mol. The molecule has 0 saturated heterocycles. The molecule has 4 heteroatoms. The minimum absolute atomic E-state index is 0.304. The van der Waals surface area contributed by atoms with Gasteiger partial charge in [0.15, 0.2) is 0 Å². The maximum atomic E-state index is 13.4. The Morgan fingerprint density at radius 2 is 1.72 bits per heavy atom. The number of benzene rings is 1. The predicted molar refractivity (Wildman–Crippen MR) is 80.5 cm³/mol. The van der Waals surface area contributed by atoms with E-state index in [1.165, 1.54) is 6.07 Å². The molecule has 0 unspecified atom stereocenters. The van der Waals surface area contributed by atoms with Crippen molar-refractivity contribution in [1.82, 2.24) is 0 Å². The third-order valence-electron chi connectivity index (χ3n) is 2.97. The highest BCUT2D eigenvalue weighted by Crippen LogP contribution is 2.30. The zero-order valence-electron chi connectivity index (χ0n) is 11.2. The Morgan fingerprint density at radius 3 is 2.22 bits per heavy atom. The topological polar surface area (TPSA) is 29.3 Å². The number of hydrogen-bond donors (Lipinski definition) is 1. The van der Waals surface area contributed by atoms with Gasteiger partial charge in [0.1, 0.15) is 5.82 Å². The van der Waals surface area contributed by atoms with Crippen LogP contribution < -0.4 is 10.6 Å². The Kier molecular flexibility index (Phi) is 6.47. The lowest BCUT2D eigenvalue weighted by Gasteiger charge is -2.26. The summed E-state index contributed by atoms with van der Waals surface area (Å²) in [6.45, 7) is 6.28. The van der Waals surface area contributed by atoms with Crippen LogP contribution in [0.5, 0.6) is 0 Å². The molecule has 1 aromatic rings. The van der Waals surface area contributed by atoms with Crippen LogP contribution in [0.15, 0.2) is 16.6 Å². The van der Waals surface area contributed by atoms with Crippen LogP contribution in [-0.4, -0.2) is 13.1 Å². The van der Waals surface area contributed by atoms with Crippen LogP contribution in [0.4, 0.5) is 15.8 Å². The zero-order chi connectivity index (χ0) is 13.5. The molecule has 102 valence electrons. The molecule has 0 fully saturated rings. The maximum Gasteiger partial charge on any atom is 0.139 e. The zero-order valence-corrected chi connectivity index (χ0v) is 12.8. The van der Waals surface area contributed by atoms with E-state index in [4.69, 9.17) is 5.73 Å². The molecular formula is C14H22BrFN2. The highest BCUT2D eigenvalue weighted by atomic mass is 79.9. The Balaban J connectivity index is 2.92. The fraction of sp³-hybridized carbons (Fsp3) is 0.571. The number of nitrogen functional groups attached to an aromatic ring is 1. The first-order valence-electron chi connectivity index (χ1n) is 6.59. The lowest BCUT2D eigenvalue weighted by atomic mass is 10.2. The molecule has 0 saturated carbocycles. The van der Waals surface area contributed by atoms with E-state index in [0.29, 0.717) is 10.2 Å². The van der Waals surface area contributed by atoms with Gasteiger partial charge >= 0.3 is 0 Å². The average molecular weight is 317 g/mol. The molecule has 0 bridgehead atoms. The summed E-state index contributed by atoms with van der Waals surface area (Å²) in [7, 11) is 0. The molecule has 0 radical (unpaired) electrons. The van der Waals surface area contributed by atoms with Crippen molar-refractivity contribution in [2.45, 2.75) is 39.5 Å². The fourth-order valence-corrected chi connectivity index (χ4v) is 2.21. The second-order valence-electron chi connectivity index (χ2n) is 4.52. The molecule has 0 spiro atoms. The van der Waals surface area contributed by atoms with Crippen LogP contribution in [0, 0.1) is 5.82 Å². The van der Waals surface area contributed by atoms with E-state index in [-0.39, 0.29) is 5.82 Å². The molecule has 2 N–H and O–H groups in total. The van der Waals surface area contributed by atoms with E-state index in [0.717, 1.165) is 44.5 Å². The largest absolute Gasteiger partial charge is 0.397 e. The molecule has 1 rings (SSSR count). The summed E-state index contributed by atoms with van der Waals surface area (Å²) < 4.78 is 13.9. The summed E-state index contributed by atoms with van der Waals surface area (Å²) in [5, 5.41) is 0. The van der Waals surface area contributed by atoms with Crippen molar-refractivity contribution in [3.05, 3.63) is 22.4 Å².